The van der Waals surface area contributed by atoms with Crippen LogP contribution in [0.15, 0.2) is 103 Å². The van der Waals surface area contributed by atoms with Crippen molar-refractivity contribution in [2.45, 2.75) is 30.9 Å². The van der Waals surface area contributed by atoms with Crippen LogP contribution in [-0.2, 0) is 11.8 Å². The minimum absolute atomic E-state index is 0.0442. The number of carbonyl (C=O) groups is 1. The van der Waals surface area contributed by atoms with E-state index in [1.54, 1.807) is 30.3 Å². The van der Waals surface area contributed by atoms with Crippen molar-refractivity contribution in [2.75, 3.05) is 6.54 Å². The van der Waals surface area contributed by atoms with E-state index < -0.39 is 54.2 Å². The van der Waals surface area contributed by atoms with Crippen LogP contribution in [0.3, 0.4) is 0 Å². The quantitative estimate of drug-likeness (QED) is 0.177. The Morgan fingerprint density at radius 3 is 1.49 bits per heavy atom. The first-order valence-electron chi connectivity index (χ1n) is 12.9. The molecule has 5 nitrogen and oxygen atoms in total. The molecule has 0 unspecified atom stereocenters. The zero-order chi connectivity index (χ0) is 32.9. The van der Waals surface area contributed by atoms with Crippen LogP contribution in [0.2, 0.25) is 0 Å². The van der Waals surface area contributed by atoms with Gasteiger partial charge in [0.15, 0.2) is 0 Å². The van der Waals surface area contributed by atoms with E-state index in [2.05, 4.69) is 19.5 Å². The summed E-state index contributed by atoms with van der Waals surface area (Å²) in [5.74, 6) is -2.62. The van der Waals surface area contributed by atoms with Gasteiger partial charge in [0.05, 0.1) is 0 Å². The third-order valence-corrected chi connectivity index (χ3v) is 6.49. The van der Waals surface area contributed by atoms with Crippen molar-refractivity contribution < 1.29 is 58.5 Å². The maximum absolute atomic E-state index is 13.2. The second-order valence-corrected chi connectivity index (χ2v) is 9.65. The Hall–Kier alpha value is -4.88. The van der Waals surface area contributed by atoms with Gasteiger partial charge >= 0.3 is 19.1 Å². The van der Waals surface area contributed by atoms with Crippen LogP contribution in [0.25, 0.3) is 0 Å². The summed E-state index contributed by atoms with van der Waals surface area (Å²) in [6.07, 6.45) is -15.1. The number of benzene rings is 4. The molecule has 0 fully saturated rings. The fourth-order valence-electron chi connectivity index (χ4n) is 4.70. The Labute approximate surface area is 250 Å². The summed E-state index contributed by atoms with van der Waals surface area (Å²) in [6, 6.07) is 21.9. The first-order valence-corrected chi connectivity index (χ1v) is 12.9. The fraction of sp³-hybridized carbons (Fsp3) is 0.194. The van der Waals surface area contributed by atoms with Gasteiger partial charge in [0, 0.05) is 17.5 Å². The van der Waals surface area contributed by atoms with E-state index in [1.807, 2.05) is 0 Å². The first-order chi connectivity index (χ1) is 21.0. The lowest BCUT2D eigenvalue weighted by Crippen LogP contribution is -2.43. The normalized spacial score (nSPS) is 12.4. The summed E-state index contributed by atoms with van der Waals surface area (Å²) in [7, 11) is 0. The van der Waals surface area contributed by atoms with E-state index >= 15 is 0 Å². The van der Waals surface area contributed by atoms with Crippen LogP contribution in [0, 0.1) is 0 Å². The number of carbonyl (C=O) groups excluding carboxylic acids is 1. The molecule has 0 aliphatic carbocycles. The van der Waals surface area contributed by atoms with Crippen molar-refractivity contribution >= 4 is 5.91 Å². The van der Waals surface area contributed by atoms with Gasteiger partial charge in [-0.1, -0.05) is 54.6 Å². The number of rotatable bonds is 10. The maximum Gasteiger partial charge on any atom is 0.573 e. The highest BCUT2D eigenvalue weighted by Crippen LogP contribution is 2.40. The molecular weight excluding hydrogens is 621 g/mol. The zero-order valence-electron chi connectivity index (χ0n) is 22.8. The first kappa shape index (κ1) is 33.0. The number of hydrogen-bond donors (Lipinski definition) is 1. The van der Waals surface area contributed by atoms with Crippen molar-refractivity contribution in [1.82, 2.24) is 5.32 Å². The maximum atomic E-state index is 13.2. The van der Waals surface area contributed by atoms with Gasteiger partial charge in [-0.05, 0) is 71.6 Å². The van der Waals surface area contributed by atoms with Gasteiger partial charge in [-0.25, -0.2) is 0 Å². The lowest BCUT2D eigenvalue weighted by molar-refractivity contribution is -0.275. The molecule has 4 rings (SSSR count). The SMILES string of the molecule is O=C(NCC(Cc1ccccc1)(c1cccc(OC(F)(F)F)c1)c1cccc(OC(F)(F)F)c1)c1ccc(OC(F)(F)F)cc1. The summed E-state index contributed by atoms with van der Waals surface area (Å²) in [5, 5.41) is 2.63. The molecule has 45 heavy (non-hydrogen) atoms. The molecule has 0 bridgehead atoms. The van der Waals surface area contributed by atoms with E-state index in [9.17, 15) is 44.3 Å². The van der Waals surface area contributed by atoms with Gasteiger partial charge in [-0.2, -0.15) is 0 Å². The molecule has 0 aliphatic rings. The minimum Gasteiger partial charge on any atom is -0.406 e. The smallest absolute Gasteiger partial charge is 0.406 e. The third-order valence-electron chi connectivity index (χ3n) is 6.49. The molecule has 0 saturated carbocycles. The Morgan fingerprint density at radius 1 is 0.556 bits per heavy atom. The average molecular weight is 644 g/mol. The molecule has 14 heteroatoms. The van der Waals surface area contributed by atoms with E-state index in [0.717, 1.165) is 48.5 Å². The fourth-order valence-corrected chi connectivity index (χ4v) is 4.70. The molecule has 1 N–H and O–H groups in total. The standard InChI is InChI=1S/C31H22F9NO4/c32-29(33,34)43-24-14-12-21(13-15-24)27(42)41-19-28(18-20-6-2-1-3-7-20,22-8-4-10-25(16-22)44-30(35,36)37)23-9-5-11-26(17-23)45-31(38,39)40/h1-17H,18-19H2,(H,41,42). The number of hydrogen-bond acceptors (Lipinski definition) is 4. The molecule has 0 heterocycles. The molecule has 0 radical (unpaired) electrons. The van der Waals surface area contributed by atoms with E-state index in [0.29, 0.717) is 5.56 Å². The second kappa shape index (κ2) is 13.0. The van der Waals surface area contributed by atoms with Crippen LogP contribution in [-0.4, -0.2) is 31.5 Å². The summed E-state index contributed by atoms with van der Waals surface area (Å²) >= 11 is 0. The molecule has 0 saturated heterocycles. The predicted molar refractivity (Wildman–Crippen MR) is 143 cm³/mol. The van der Waals surface area contributed by atoms with Crippen molar-refractivity contribution in [3.63, 3.8) is 0 Å². The van der Waals surface area contributed by atoms with Gasteiger partial charge in [-0.3, -0.25) is 4.79 Å². The number of nitrogens with one attached hydrogen (secondary N) is 1. The highest BCUT2D eigenvalue weighted by Gasteiger charge is 2.39. The highest BCUT2D eigenvalue weighted by atomic mass is 19.4. The van der Waals surface area contributed by atoms with E-state index in [4.69, 9.17) is 0 Å². The largest absolute Gasteiger partial charge is 0.573 e. The van der Waals surface area contributed by atoms with Gasteiger partial charge in [0.1, 0.15) is 17.2 Å². The molecular formula is C31H22F9NO4. The second-order valence-electron chi connectivity index (χ2n) is 9.65. The van der Waals surface area contributed by atoms with Crippen LogP contribution in [0.5, 0.6) is 17.2 Å². The molecule has 4 aromatic carbocycles. The van der Waals surface area contributed by atoms with Crippen LogP contribution < -0.4 is 19.5 Å². The van der Waals surface area contributed by atoms with Gasteiger partial charge in [-0.15, -0.1) is 39.5 Å². The van der Waals surface area contributed by atoms with Crippen molar-refractivity contribution in [2.24, 2.45) is 0 Å². The molecule has 238 valence electrons. The lowest BCUT2D eigenvalue weighted by atomic mass is 9.70. The third kappa shape index (κ3) is 9.55. The van der Waals surface area contributed by atoms with Crippen LogP contribution >= 0.6 is 0 Å². The lowest BCUT2D eigenvalue weighted by Gasteiger charge is -2.36. The average Bonchev–Trinajstić information content (AvgIpc) is 2.94. The number of alkyl halides is 9. The summed E-state index contributed by atoms with van der Waals surface area (Å²) in [5.41, 5.74) is -0.768. The van der Waals surface area contributed by atoms with E-state index in [1.165, 1.54) is 24.3 Å². The molecule has 0 atom stereocenters. The highest BCUT2D eigenvalue weighted by molar-refractivity contribution is 5.94. The Kier molecular flexibility index (Phi) is 9.54. The van der Waals surface area contributed by atoms with Gasteiger partial charge in [0.25, 0.3) is 5.91 Å². The van der Waals surface area contributed by atoms with Gasteiger partial charge < -0.3 is 19.5 Å². The molecule has 0 aliphatic heterocycles. The Morgan fingerprint density at radius 2 is 1.02 bits per heavy atom. The topological polar surface area (TPSA) is 56.8 Å². The summed E-state index contributed by atoms with van der Waals surface area (Å²) in [4.78, 5) is 13.2. The van der Waals surface area contributed by atoms with Crippen molar-refractivity contribution in [3.8, 4) is 17.2 Å². The Bertz CT molecular complexity index is 1530. The van der Waals surface area contributed by atoms with Crippen LogP contribution in [0.4, 0.5) is 39.5 Å². The molecule has 4 aromatic rings. The number of ether oxygens (including phenoxy) is 3. The number of amides is 1. The Balaban J connectivity index is 1.81. The number of halogens is 9. The van der Waals surface area contributed by atoms with Crippen molar-refractivity contribution in [3.05, 3.63) is 125 Å². The summed E-state index contributed by atoms with van der Waals surface area (Å²) in [6.45, 7) is -0.396. The van der Waals surface area contributed by atoms with Crippen LogP contribution in [0.1, 0.15) is 27.0 Å². The zero-order valence-corrected chi connectivity index (χ0v) is 22.8. The predicted octanol–water partition coefficient (Wildman–Crippen LogP) is 8.34. The van der Waals surface area contributed by atoms with Gasteiger partial charge in [0.2, 0.25) is 0 Å². The monoisotopic (exact) mass is 643 g/mol. The van der Waals surface area contributed by atoms with E-state index in [-0.39, 0.29) is 23.1 Å². The molecule has 0 aromatic heterocycles. The van der Waals surface area contributed by atoms with Crippen molar-refractivity contribution in [1.29, 1.82) is 0 Å². The minimum atomic E-state index is -5.06. The summed E-state index contributed by atoms with van der Waals surface area (Å²) < 4.78 is 128. The molecule has 1 amide bonds. The molecule has 0 spiro atoms.